The molecule has 7 nitrogen and oxygen atoms in total. The molecule has 0 unspecified atom stereocenters. The van der Waals surface area contributed by atoms with Gasteiger partial charge in [0.15, 0.2) is 11.6 Å². The Morgan fingerprint density at radius 3 is 2.35 bits per heavy atom. The third-order valence-electron chi connectivity index (χ3n) is 5.50. The second-order valence-corrected chi connectivity index (χ2v) is 8.23. The molecule has 34 heavy (non-hydrogen) atoms. The standard InChI is InChI=1S/C19H22F3N5O.C2HF3O/c20-13-8-15(22)14(21)6-11(13)5-12(23)7-17(28)26-3-4-27-16(9-26)25-18(19(27)24)10-1-2-10;3-2(4,5)1-6/h6,8,10,12H,1-5,7,9,23-24H2;1H/t12-;/m1./s1. The number of fused-ring (bicyclic) bond motifs is 1. The fourth-order valence-corrected chi connectivity index (χ4v) is 3.67. The number of nitrogens with zero attached hydrogens (tertiary/aromatic N) is 3. The first-order valence-corrected chi connectivity index (χ1v) is 10.4. The van der Waals surface area contributed by atoms with Crippen LogP contribution in [0.5, 0.6) is 0 Å². The number of halogens is 6. The van der Waals surface area contributed by atoms with Gasteiger partial charge in [-0.2, -0.15) is 13.2 Å². The molecule has 1 fully saturated rings. The average Bonchev–Trinajstić information content (AvgIpc) is 3.55. The summed E-state index contributed by atoms with van der Waals surface area (Å²) in [6.07, 6.45) is -3.59. The van der Waals surface area contributed by atoms with Crippen molar-refractivity contribution in [2.75, 3.05) is 12.3 Å². The van der Waals surface area contributed by atoms with E-state index < -0.39 is 36.0 Å². The number of alkyl halides is 3. The zero-order chi connectivity index (χ0) is 25.2. The van der Waals surface area contributed by atoms with Crippen molar-refractivity contribution in [2.24, 2.45) is 5.73 Å². The van der Waals surface area contributed by atoms with Crippen molar-refractivity contribution in [2.45, 2.75) is 56.9 Å². The molecular formula is C21H23F6N5O2. The highest BCUT2D eigenvalue weighted by Gasteiger charge is 2.33. The van der Waals surface area contributed by atoms with Crippen LogP contribution in [0.25, 0.3) is 0 Å². The summed E-state index contributed by atoms with van der Waals surface area (Å²) >= 11 is 0. The number of hydrogen-bond donors (Lipinski definition) is 2. The lowest BCUT2D eigenvalue weighted by Gasteiger charge is -2.29. The molecule has 2 aromatic rings. The van der Waals surface area contributed by atoms with Crippen LogP contribution in [0.15, 0.2) is 12.1 Å². The molecular weight excluding hydrogens is 468 g/mol. The van der Waals surface area contributed by atoms with Crippen molar-refractivity contribution in [1.82, 2.24) is 14.5 Å². The molecule has 2 heterocycles. The highest BCUT2D eigenvalue weighted by Crippen LogP contribution is 2.42. The van der Waals surface area contributed by atoms with Gasteiger partial charge in [0.05, 0.1) is 12.2 Å². The molecule has 1 aromatic heterocycles. The van der Waals surface area contributed by atoms with Gasteiger partial charge < -0.3 is 20.9 Å². The summed E-state index contributed by atoms with van der Waals surface area (Å²) in [6, 6.07) is 0.570. The van der Waals surface area contributed by atoms with Gasteiger partial charge in [-0.05, 0) is 30.9 Å². The van der Waals surface area contributed by atoms with Crippen LogP contribution in [0.4, 0.5) is 32.2 Å². The quantitative estimate of drug-likeness (QED) is 0.380. The van der Waals surface area contributed by atoms with E-state index in [0.717, 1.165) is 30.4 Å². The van der Waals surface area contributed by atoms with E-state index in [1.807, 2.05) is 4.57 Å². The van der Waals surface area contributed by atoms with Crippen molar-refractivity contribution < 1.29 is 35.9 Å². The Kier molecular flexibility index (Phi) is 7.54. The molecule has 0 radical (unpaired) electrons. The number of carbonyl (C=O) groups is 2. The Hall–Kier alpha value is -3.09. The molecule has 2 aliphatic rings. The number of benzene rings is 1. The summed E-state index contributed by atoms with van der Waals surface area (Å²) in [5.74, 6) is -1.56. The predicted octanol–water partition coefficient (Wildman–Crippen LogP) is 2.81. The van der Waals surface area contributed by atoms with E-state index in [4.69, 9.17) is 16.3 Å². The second kappa shape index (κ2) is 10.0. The molecule has 0 spiro atoms. The fourth-order valence-electron chi connectivity index (χ4n) is 3.67. The summed E-state index contributed by atoms with van der Waals surface area (Å²) in [5.41, 5.74) is 13.0. The number of hydrogen-bond acceptors (Lipinski definition) is 5. The van der Waals surface area contributed by atoms with Gasteiger partial charge in [0.25, 0.3) is 0 Å². The maximum atomic E-state index is 13.8. The normalized spacial score (nSPS) is 16.4. The van der Waals surface area contributed by atoms with Crippen LogP contribution in [-0.4, -0.2) is 45.4 Å². The van der Waals surface area contributed by atoms with Crippen LogP contribution < -0.4 is 11.5 Å². The number of carbonyl (C=O) groups excluding carboxylic acids is 2. The van der Waals surface area contributed by atoms with Crippen LogP contribution in [0.2, 0.25) is 0 Å². The number of imidazole rings is 1. The van der Waals surface area contributed by atoms with E-state index >= 15 is 0 Å². The van der Waals surface area contributed by atoms with Crippen LogP contribution >= 0.6 is 0 Å². The Labute approximate surface area is 190 Å². The average molecular weight is 491 g/mol. The first-order chi connectivity index (χ1) is 15.9. The van der Waals surface area contributed by atoms with E-state index in [9.17, 15) is 31.1 Å². The first kappa shape index (κ1) is 25.5. The summed E-state index contributed by atoms with van der Waals surface area (Å²) in [7, 11) is 0. The van der Waals surface area contributed by atoms with Crippen molar-refractivity contribution in [1.29, 1.82) is 0 Å². The Balaban J connectivity index is 0.000000481. The molecule has 4 N–H and O–H groups in total. The summed E-state index contributed by atoms with van der Waals surface area (Å²) in [5, 5.41) is 0. The number of nitrogen functional groups attached to an aromatic ring is 1. The zero-order valence-electron chi connectivity index (χ0n) is 17.9. The van der Waals surface area contributed by atoms with Crippen LogP contribution in [0, 0.1) is 17.5 Å². The number of amides is 1. The van der Waals surface area contributed by atoms with Crippen molar-refractivity contribution in [3.63, 3.8) is 0 Å². The largest absolute Gasteiger partial charge is 0.446 e. The lowest BCUT2D eigenvalue weighted by Crippen LogP contribution is -2.41. The van der Waals surface area contributed by atoms with Gasteiger partial charge >= 0.3 is 6.18 Å². The third-order valence-corrected chi connectivity index (χ3v) is 5.50. The highest BCUT2D eigenvalue weighted by atomic mass is 19.4. The summed E-state index contributed by atoms with van der Waals surface area (Å²) in [6.45, 7) is 1.41. The van der Waals surface area contributed by atoms with Crippen LogP contribution in [-0.2, 0) is 29.1 Å². The number of anilines is 1. The first-order valence-electron chi connectivity index (χ1n) is 10.4. The number of aromatic nitrogens is 2. The van der Waals surface area contributed by atoms with Gasteiger partial charge in [0.1, 0.15) is 17.5 Å². The van der Waals surface area contributed by atoms with Crippen LogP contribution in [0.1, 0.15) is 42.3 Å². The molecule has 13 heteroatoms. The Morgan fingerprint density at radius 2 is 1.76 bits per heavy atom. The van der Waals surface area contributed by atoms with E-state index in [2.05, 4.69) is 4.98 Å². The number of rotatable bonds is 5. The monoisotopic (exact) mass is 491 g/mol. The van der Waals surface area contributed by atoms with Crippen molar-refractivity contribution >= 4 is 18.0 Å². The lowest BCUT2D eigenvalue weighted by molar-refractivity contribution is -0.156. The molecule has 1 atom stereocenters. The lowest BCUT2D eigenvalue weighted by atomic mass is 10.0. The maximum Gasteiger partial charge on any atom is 0.446 e. The zero-order valence-corrected chi connectivity index (χ0v) is 17.9. The van der Waals surface area contributed by atoms with E-state index in [0.29, 0.717) is 37.4 Å². The van der Waals surface area contributed by atoms with Crippen molar-refractivity contribution in [3.05, 3.63) is 46.7 Å². The molecule has 4 rings (SSSR count). The minimum absolute atomic E-state index is 0.0237. The predicted molar refractivity (Wildman–Crippen MR) is 109 cm³/mol. The third kappa shape index (κ3) is 6.27. The summed E-state index contributed by atoms with van der Waals surface area (Å²) in [4.78, 5) is 27.6. The van der Waals surface area contributed by atoms with Crippen molar-refractivity contribution in [3.8, 4) is 0 Å². The van der Waals surface area contributed by atoms with E-state index in [-0.39, 0.29) is 24.3 Å². The fraction of sp³-hybridized carbons (Fsp3) is 0.476. The Bertz CT molecular complexity index is 1070. The topological polar surface area (TPSA) is 107 Å². The van der Waals surface area contributed by atoms with Gasteiger partial charge in [-0.15, -0.1) is 0 Å². The number of aldehydes is 1. The molecule has 1 aromatic carbocycles. The van der Waals surface area contributed by atoms with E-state index in [1.165, 1.54) is 0 Å². The van der Waals surface area contributed by atoms with E-state index in [1.54, 1.807) is 4.90 Å². The smallest absolute Gasteiger partial charge is 0.384 e. The SMILES string of the molecule is Nc1c(C2CC2)nc2n1CCN(C(=O)C[C@H](N)Cc1cc(F)c(F)cc1F)C2.O=CC(F)(F)F. The minimum Gasteiger partial charge on any atom is -0.384 e. The van der Waals surface area contributed by atoms with Gasteiger partial charge in [0, 0.05) is 37.5 Å². The molecule has 186 valence electrons. The second-order valence-electron chi connectivity index (χ2n) is 8.23. The van der Waals surface area contributed by atoms with Gasteiger partial charge in [-0.1, -0.05) is 0 Å². The number of nitrogens with two attached hydrogens (primary N) is 2. The van der Waals surface area contributed by atoms with Crippen LogP contribution in [0.3, 0.4) is 0 Å². The summed E-state index contributed by atoms with van der Waals surface area (Å²) < 4.78 is 73.3. The van der Waals surface area contributed by atoms with Gasteiger partial charge in [-0.3, -0.25) is 9.59 Å². The molecule has 1 saturated carbocycles. The highest BCUT2D eigenvalue weighted by molar-refractivity contribution is 5.77. The van der Waals surface area contributed by atoms with Gasteiger partial charge in [0.2, 0.25) is 12.2 Å². The maximum absolute atomic E-state index is 13.8. The molecule has 0 bridgehead atoms. The minimum atomic E-state index is -4.64. The molecule has 1 amide bonds. The molecule has 1 aliphatic carbocycles. The molecule has 1 aliphatic heterocycles. The molecule has 0 saturated heterocycles. The Morgan fingerprint density at radius 1 is 1.15 bits per heavy atom. The van der Waals surface area contributed by atoms with Gasteiger partial charge in [-0.25, -0.2) is 18.2 Å².